The van der Waals surface area contributed by atoms with Gasteiger partial charge in [-0.3, -0.25) is 4.90 Å². The summed E-state index contributed by atoms with van der Waals surface area (Å²) < 4.78 is 5.47. The van der Waals surface area contributed by atoms with Crippen LogP contribution in [0.5, 0.6) is 0 Å². The molecule has 2 rings (SSSR count). The Morgan fingerprint density at radius 2 is 2.25 bits per heavy atom. The number of rotatable bonds is 11. The molecule has 1 atom stereocenters. The molecule has 1 fully saturated rings. The summed E-state index contributed by atoms with van der Waals surface area (Å²) in [6, 6.07) is 5.49. The van der Waals surface area contributed by atoms with Crippen molar-refractivity contribution in [3.63, 3.8) is 0 Å². The molecule has 20 heavy (non-hydrogen) atoms. The van der Waals surface area contributed by atoms with Crippen LogP contribution in [0.3, 0.4) is 0 Å². The first-order valence-corrected chi connectivity index (χ1v) is 8.29. The molecule has 1 unspecified atom stereocenters. The average Bonchev–Trinajstić information content (AvgIpc) is 3.16. The lowest BCUT2D eigenvalue weighted by Crippen LogP contribution is -2.36. The van der Waals surface area contributed by atoms with E-state index in [0.717, 1.165) is 31.4 Å². The summed E-state index contributed by atoms with van der Waals surface area (Å²) in [5, 5.41) is 3.66. The first-order chi connectivity index (χ1) is 9.79. The molecule has 0 aromatic carbocycles. The van der Waals surface area contributed by atoms with Gasteiger partial charge in [0, 0.05) is 25.2 Å². The molecule has 0 bridgehead atoms. The van der Waals surface area contributed by atoms with Gasteiger partial charge in [0.2, 0.25) is 0 Å². The highest BCUT2D eigenvalue weighted by atomic mass is 16.3. The van der Waals surface area contributed by atoms with Crippen molar-refractivity contribution in [3.8, 4) is 0 Å². The summed E-state index contributed by atoms with van der Waals surface area (Å²) in [5.74, 6) is 1.09. The van der Waals surface area contributed by atoms with Crippen LogP contribution in [-0.4, -0.2) is 30.1 Å². The fourth-order valence-corrected chi connectivity index (χ4v) is 2.69. The lowest BCUT2D eigenvalue weighted by atomic mass is 10.1. The molecule has 1 aliphatic carbocycles. The van der Waals surface area contributed by atoms with E-state index in [2.05, 4.69) is 30.1 Å². The molecule has 1 aliphatic rings. The van der Waals surface area contributed by atoms with Gasteiger partial charge in [0.05, 0.1) is 12.8 Å². The molecule has 0 spiro atoms. The summed E-state index contributed by atoms with van der Waals surface area (Å²) in [6.45, 7) is 7.75. The van der Waals surface area contributed by atoms with Crippen molar-refractivity contribution in [3.05, 3.63) is 24.2 Å². The Morgan fingerprint density at radius 3 is 2.90 bits per heavy atom. The molecule has 1 aromatic heterocycles. The van der Waals surface area contributed by atoms with Crippen molar-refractivity contribution in [1.29, 1.82) is 0 Å². The highest BCUT2D eigenvalue weighted by Gasteiger charge is 2.29. The van der Waals surface area contributed by atoms with Crippen molar-refractivity contribution in [2.75, 3.05) is 13.1 Å². The second-order valence-electron chi connectivity index (χ2n) is 6.13. The van der Waals surface area contributed by atoms with Crippen LogP contribution < -0.4 is 5.32 Å². The average molecular weight is 278 g/mol. The summed E-state index contributed by atoms with van der Waals surface area (Å²) in [6.07, 6.45) is 9.80. The maximum Gasteiger partial charge on any atom is 0.117 e. The van der Waals surface area contributed by atoms with Crippen LogP contribution in [-0.2, 0) is 6.54 Å². The molecule has 114 valence electrons. The third-order valence-corrected chi connectivity index (χ3v) is 4.13. The van der Waals surface area contributed by atoms with E-state index in [1.165, 1.54) is 38.5 Å². The lowest BCUT2D eigenvalue weighted by molar-refractivity contribution is 0.230. The first kappa shape index (κ1) is 15.6. The number of unbranched alkanes of at least 4 members (excludes halogenated alkanes) is 2. The summed E-state index contributed by atoms with van der Waals surface area (Å²) in [7, 11) is 0. The Morgan fingerprint density at radius 1 is 1.40 bits per heavy atom. The zero-order valence-corrected chi connectivity index (χ0v) is 13.1. The Hall–Kier alpha value is -0.800. The Kier molecular flexibility index (Phi) is 6.61. The van der Waals surface area contributed by atoms with Gasteiger partial charge in [-0.25, -0.2) is 0 Å². The quantitative estimate of drug-likeness (QED) is 0.624. The number of hydrogen-bond donors (Lipinski definition) is 1. The fourth-order valence-electron chi connectivity index (χ4n) is 2.69. The van der Waals surface area contributed by atoms with E-state index in [-0.39, 0.29) is 0 Å². The summed E-state index contributed by atoms with van der Waals surface area (Å²) >= 11 is 0. The Labute approximate surface area is 123 Å². The van der Waals surface area contributed by atoms with Crippen LogP contribution in [0.15, 0.2) is 22.8 Å². The standard InChI is InChI=1S/C17H30N2O/c1-3-4-5-7-15(2)18-11-12-19(16-9-10-16)14-17-8-6-13-20-17/h6,8,13,15-16,18H,3-5,7,9-12,14H2,1-2H3. The minimum Gasteiger partial charge on any atom is -0.468 e. The molecular formula is C17H30N2O. The second kappa shape index (κ2) is 8.48. The molecule has 3 nitrogen and oxygen atoms in total. The van der Waals surface area contributed by atoms with Gasteiger partial charge < -0.3 is 9.73 Å². The van der Waals surface area contributed by atoms with Gasteiger partial charge in [-0.15, -0.1) is 0 Å². The summed E-state index contributed by atoms with van der Waals surface area (Å²) in [4.78, 5) is 2.56. The van der Waals surface area contributed by atoms with Crippen LogP contribution in [0.1, 0.15) is 58.1 Å². The van der Waals surface area contributed by atoms with Crippen LogP contribution >= 0.6 is 0 Å². The molecule has 1 heterocycles. The predicted molar refractivity (Wildman–Crippen MR) is 83.7 cm³/mol. The third kappa shape index (κ3) is 5.68. The van der Waals surface area contributed by atoms with Gasteiger partial charge >= 0.3 is 0 Å². The molecule has 1 aromatic rings. The van der Waals surface area contributed by atoms with E-state index >= 15 is 0 Å². The lowest BCUT2D eigenvalue weighted by Gasteiger charge is -2.22. The first-order valence-electron chi connectivity index (χ1n) is 8.29. The zero-order chi connectivity index (χ0) is 14.2. The van der Waals surface area contributed by atoms with Gasteiger partial charge in [-0.1, -0.05) is 26.2 Å². The number of nitrogens with zero attached hydrogens (tertiary/aromatic N) is 1. The normalized spacial score (nSPS) is 16.8. The maximum absolute atomic E-state index is 5.47. The molecule has 1 saturated carbocycles. The third-order valence-electron chi connectivity index (χ3n) is 4.13. The van der Waals surface area contributed by atoms with E-state index < -0.39 is 0 Å². The van der Waals surface area contributed by atoms with Crippen LogP contribution in [0.2, 0.25) is 0 Å². The molecule has 3 heteroatoms. The van der Waals surface area contributed by atoms with Gasteiger partial charge in [0.15, 0.2) is 0 Å². The molecule has 1 N–H and O–H groups in total. The zero-order valence-electron chi connectivity index (χ0n) is 13.1. The van der Waals surface area contributed by atoms with Crippen molar-refractivity contribution < 1.29 is 4.42 Å². The second-order valence-corrected chi connectivity index (χ2v) is 6.13. The molecular weight excluding hydrogens is 248 g/mol. The maximum atomic E-state index is 5.47. The number of furan rings is 1. The van der Waals surface area contributed by atoms with Gasteiger partial charge in [0.1, 0.15) is 5.76 Å². The number of nitrogens with one attached hydrogen (secondary N) is 1. The largest absolute Gasteiger partial charge is 0.468 e. The Bertz CT molecular complexity index is 346. The van der Waals surface area contributed by atoms with Crippen LogP contribution in [0.25, 0.3) is 0 Å². The van der Waals surface area contributed by atoms with Crippen molar-refractivity contribution >= 4 is 0 Å². The molecule has 0 aliphatic heterocycles. The van der Waals surface area contributed by atoms with E-state index in [4.69, 9.17) is 4.42 Å². The highest BCUT2D eigenvalue weighted by Crippen LogP contribution is 2.27. The van der Waals surface area contributed by atoms with E-state index in [1.54, 1.807) is 6.26 Å². The van der Waals surface area contributed by atoms with Crippen LogP contribution in [0.4, 0.5) is 0 Å². The van der Waals surface area contributed by atoms with E-state index in [9.17, 15) is 0 Å². The van der Waals surface area contributed by atoms with Gasteiger partial charge in [-0.2, -0.15) is 0 Å². The SMILES string of the molecule is CCCCCC(C)NCCN(Cc1ccco1)C1CC1. The van der Waals surface area contributed by atoms with Crippen molar-refractivity contribution in [1.82, 2.24) is 10.2 Å². The van der Waals surface area contributed by atoms with Gasteiger partial charge in [-0.05, 0) is 38.3 Å². The van der Waals surface area contributed by atoms with Crippen molar-refractivity contribution in [2.45, 2.75) is 71.0 Å². The van der Waals surface area contributed by atoms with Gasteiger partial charge in [0.25, 0.3) is 0 Å². The molecule has 0 radical (unpaired) electrons. The number of hydrogen-bond acceptors (Lipinski definition) is 3. The minimum atomic E-state index is 0.645. The fraction of sp³-hybridized carbons (Fsp3) is 0.765. The smallest absolute Gasteiger partial charge is 0.117 e. The Balaban J connectivity index is 1.62. The minimum absolute atomic E-state index is 0.645. The van der Waals surface area contributed by atoms with E-state index in [0.29, 0.717) is 6.04 Å². The monoisotopic (exact) mass is 278 g/mol. The predicted octanol–water partition coefficient (Wildman–Crippen LogP) is 3.80. The molecule has 0 saturated heterocycles. The highest BCUT2D eigenvalue weighted by molar-refractivity contribution is 4.99. The topological polar surface area (TPSA) is 28.4 Å². The summed E-state index contributed by atoms with van der Waals surface area (Å²) in [5.41, 5.74) is 0. The van der Waals surface area contributed by atoms with E-state index in [1.807, 2.05) is 6.07 Å². The van der Waals surface area contributed by atoms with Crippen LogP contribution in [0, 0.1) is 0 Å². The van der Waals surface area contributed by atoms with Crippen molar-refractivity contribution in [2.24, 2.45) is 0 Å². The molecule has 0 amide bonds.